The maximum absolute atomic E-state index is 12.6. The monoisotopic (exact) mass is 484 g/mol. The number of rotatable bonds is 9. The number of fused-ring (bicyclic) bond motifs is 1. The van der Waals surface area contributed by atoms with Crippen LogP contribution in [0.3, 0.4) is 0 Å². The Hall–Kier alpha value is -4.22. The number of nitrogens with zero attached hydrogens (tertiary/aromatic N) is 2. The lowest BCUT2D eigenvalue weighted by Gasteiger charge is -2.24. The molecule has 12 heteroatoms. The van der Waals surface area contributed by atoms with Crippen LogP contribution in [0.25, 0.3) is 0 Å². The highest BCUT2D eigenvalue weighted by molar-refractivity contribution is 5.97. The SMILES string of the molecule is COC(=O)CC[C@H](NC(=O)c1ccc(CCC2Cc3c(N)nc(N)nc3NC2=O)cc1)C(=O)OC. The maximum Gasteiger partial charge on any atom is 0.328 e. The van der Waals surface area contributed by atoms with Gasteiger partial charge in [0.15, 0.2) is 0 Å². The summed E-state index contributed by atoms with van der Waals surface area (Å²) in [6, 6.07) is 5.84. The van der Waals surface area contributed by atoms with Crippen LogP contribution in [0.4, 0.5) is 17.6 Å². The lowest BCUT2D eigenvalue weighted by molar-refractivity contribution is -0.144. The first-order valence-electron chi connectivity index (χ1n) is 11.0. The molecular weight excluding hydrogens is 456 g/mol. The number of aryl methyl sites for hydroxylation is 1. The highest BCUT2D eigenvalue weighted by Crippen LogP contribution is 2.30. The van der Waals surface area contributed by atoms with Crippen LogP contribution in [-0.2, 0) is 36.7 Å². The molecule has 6 N–H and O–H groups in total. The lowest BCUT2D eigenvalue weighted by atomic mass is 9.89. The quantitative estimate of drug-likeness (QED) is 0.367. The highest BCUT2D eigenvalue weighted by Gasteiger charge is 2.29. The van der Waals surface area contributed by atoms with Gasteiger partial charge in [-0.2, -0.15) is 9.97 Å². The van der Waals surface area contributed by atoms with Crippen LogP contribution >= 0.6 is 0 Å². The molecule has 1 aliphatic rings. The maximum atomic E-state index is 12.6. The number of ether oxygens (including phenoxy) is 2. The summed E-state index contributed by atoms with van der Waals surface area (Å²) < 4.78 is 9.28. The number of anilines is 3. The van der Waals surface area contributed by atoms with Gasteiger partial charge in [-0.05, 0) is 43.4 Å². The van der Waals surface area contributed by atoms with Gasteiger partial charge in [0.1, 0.15) is 17.7 Å². The van der Waals surface area contributed by atoms with E-state index in [4.69, 9.17) is 16.2 Å². The molecule has 0 spiro atoms. The molecule has 2 aromatic rings. The van der Waals surface area contributed by atoms with Gasteiger partial charge in [0, 0.05) is 23.5 Å². The largest absolute Gasteiger partial charge is 0.469 e. The normalized spacial score (nSPS) is 15.4. The molecule has 0 radical (unpaired) electrons. The molecule has 1 aromatic heterocycles. The third-order valence-electron chi connectivity index (χ3n) is 5.77. The molecule has 1 unspecified atom stereocenters. The zero-order valence-corrected chi connectivity index (χ0v) is 19.5. The second-order valence-electron chi connectivity index (χ2n) is 8.08. The topological polar surface area (TPSA) is 189 Å². The van der Waals surface area contributed by atoms with E-state index >= 15 is 0 Å². The number of aromatic nitrogens is 2. The second-order valence-corrected chi connectivity index (χ2v) is 8.08. The fourth-order valence-corrected chi connectivity index (χ4v) is 3.78. The summed E-state index contributed by atoms with van der Waals surface area (Å²) in [5, 5.41) is 5.32. The van der Waals surface area contributed by atoms with Crippen LogP contribution in [-0.4, -0.2) is 54.0 Å². The van der Waals surface area contributed by atoms with E-state index in [-0.39, 0.29) is 36.4 Å². The molecule has 0 saturated carbocycles. The van der Waals surface area contributed by atoms with E-state index in [0.717, 1.165) is 5.56 Å². The van der Waals surface area contributed by atoms with Gasteiger partial charge in [-0.3, -0.25) is 14.4 Å². The summed E-state index contributed by atoms with van der Waals surface area (Å²) >= 11 is 0. The molecule has 2 atom stereocenters. The van der Waals surface area contributed by atoms with E-state index in [2.05, 4.69) is 25.3 Å². The summed E-state index contributed by atoms with van der Waals surface area (Å²) in [6.07, 6.45) is 1.57. The smallest absolute Gasteiger partial charge is 0.328 e. The summed E-state index contributed by atoms with van der Waals surface area (Å²) in [5.74, 6) is -1.48. The molecule has 0 bridgehead atoms. The Morgan fingerprint density at radius 1 is 1.14 bits per heavy atom. The van der Waals surface area contributed by atoms with Gasteiger partial charge in [0.05, 0.1) is 14.2 Å². The molecule has 2 heterocycles. The molecule has 0 fully saturated rings. The lowest BCUT2D eigenvalue weighted by Crippen LogP contribution is -2.41. The van der Waals surface area contributed by atoms with Crippen molar-refractivity contribution >= 4 is 41.3 Å². The van der Waals surface area contributed by atoms with Crippen molar-refractivity contribution < 1.29 is 28.7 Å². The Balaban J connectivity index is 1.58. The molecule has 12 nitrogen and oxygen atoms in total. The van der Waals surface area contributed by atoms with Gasteiger partial charge in [0.25, 0.3) is 5.91 Å². The Bertz CT molecular complexity index is 1120. The summed E-state index contributed by atoms with van der Waals surface area (Å²) in [6.45, 7) is 0. The Kier molecular flexibility index (Phi) is 8.18. The standard InChI is InChI=1S/C23H28N6O6/c1-34-17(30)10-9-16(22(33)35-2)26-20(31)13-6-3-12(4-7-13)5-8-14-11-15-18(24)27-23(25)29-19(15)28-21(14)32/h3-4,6-7,14,16H,5,8-11H2,1-2H3,(H,26,31)(H5,24,25,27,28,29,32)/t14?,16-/m0/s1. The van der Waals surface area contributed by atoms with Crippen molar-refractivity contribution in [3.05, 3.63) is 41.0 Å². The molecule has 186 valence electrons. The molecule has 35 heavy (non-hydrogen) atoms. The number of carbonyl (C=O) groups is 4. The number of nitrogen functional groups attached to an aromatic ring is 2. The van der Waals surface area contributed by atoms with E-state index in [1.165, 1.54) is 14.2 Å². The molecule has 3 rings (SSSR count). The number of esters is 2. The number of benzene rings is 1. The van der Waals surface area contributed by atoms with Crippen LogP contribution in [0.15, 0.2) is 24.3 Å². The van der Waals surface area contributed by atoms with Crippen molar-refractivity contribution in [1.82, 2.24) is 15.3 Å². The average molecular weight is 485 g/mol. The molecular formula is C23H28N6O6. The van der Waals surface area contributed by atoms with E-state index in [1.54, 1.807) is 24.3 Å². The summed E-state index contributed by atoms with van der Waals surface area (Å²) in [7, 11) is 2.45. The molecule has 1 aliphatic heterocycles. The van der Waals surface area contributed by atoms with E-state index < -0.39 is 23.9 Å². The number of hydrogen-bond donors (Lipinski definition) is 4. The van der Waals surface area contributed by atoms with Crippen LogP contribution in [0.1, 0.15) is 40.7 Å². The van der Waals surface area contributed by atoms with E-state index in [0.29, 0.717) is 36.2 Å². The van der Waals surface area contributed by atoms with Gasteiger partial charge in [-0.25, -0.2) is 4.79 Å². The molecule has 0 saturated heterocycles. The zero-order valence-electron chi connectivity index (χ0n) is 19.5. The number of nitrogens with one attached hydrogen (secondary N) is 2. The van der Waals surface area contributed by atoms with Crippen molar-refractivity contribution in [2.24, 2.45) is 5.92 Å². The highest BCUT2D eigenvalue weighted by atomic mass is 16.5. The van der Waals surface area contributed by atoms with Crippen molar-refractivity contribution in [2.45, 2.75) is 38.1 Å². The van der Waals surface area contributed by atoms with Crippen molar-refractivity contribution in [3.8, 4) is 0 Å². The summed E-state index contributed by atoms with van der Waals surface area (Å²) in [4.78, 5) is 56.4. The number of nitrogens with two attached hydrogens (primary N) is 2. The van der Waals surface area contributed by atoms with Gasteiger partial charge >= 0.3 is 11.9 Å². The fourth-order valence-electron chi connectivity index (χ4n) is 3.78. The van der Waals surface area contributed by atoms with Gasteiger partial charge in [-0.15, -0.1) is 0 Å². The molecule has 2 amide bonds. The third-order valence-corrected chi connectivity index (χ3v) is 5.77. The zero-order chi connectivity index (χ0) is 25.5. The average Bonchev–Trinajstić information content (AvgIpc) is 2.84. The number of carbonyl (C=O) groups excluding carboxylic acids is 4. The minimum Gasteiger partial charge on any atom is -0.469 e. The Morgan fingerprint density at radius 2 is 1.86 bits per heavy atom. The predicted octanol–water partition coefficient (Wildman–Crippen LogP) is 0.609. The summed E-state index contributed by atoms with van der Waals surface area (Å²) in [5.41, 5.74) is 13.5. The number of hydrogen-bond acceptors (Lipinski definition) is 10. The first-order chi connectivity index (χ1) is 16.7. The van der Waals surface area contributed by atoms with Crippen LogP contribution in [0.5, 0.6) is 0 Å². The third kappa shape index (κ3) is 6.43. The van der Waals surface area contributed by atoms with Crippen molar-refractivity contribution in [3.63, 3.8) is 0 Å². The van der Waals surface area contributed by atoms with Gasteiger partial charge in [0.2, 0.25) is 11.9 Å². The van der Waals surface area contributed by atoms with Crippen LogP contribution in [0.2, 0.25) is 0 Å². The van der Waals surface area contributed by atoms with Gasteiger partial charge < -0.3 is 31.6 Å². The molecule has 1 aromatic carbocycles. The first kappa shape index (κ1) is 25.4. The molecule has 0 aliphatic carbocycles. The number of methoxy groups -OCH3 is 2. The Morgan fingerprint density at radius 3 is 2.51 bits per heavy atom. The second kappa shape index (κ2) is 11.3. The van der Waals surface area contributed by atoms with Crippen LogP contribution < -0.4 is 22.1 Å². The van der Waals surface area contributed by atoms with Crippen molar-refractivity contribution in [2.75, 3.05) is 31.0 Å². The minimum atomic E-state index is -0.981. The first-order valence-corrected chi connectivity index (χ1v) is 11.0. The van der Waals surface area contributed by atoms with Crippen molar-refractivity contribution in [1.29, 1.82) is 0 Å². The fraction of sp³-hybridized carbons (Fsp3) is 0.391. The van der Waals surface area contributed by atoms with Gasteiger partial charge in [-0.1, -0.05) is 12.1 Å². The van der Waals surface area contributed by atoms with Crippen LogP contribution in [0, 0.1) is 5.92 Å². The number of amides is 2. The van der Waals surface area contributed by atoms with E-state index in [9.17, 15) is 19.2 Å². The Labute approximate surface area is 201 Å². The van der Waals surface area contributed by atoms with E-state index in [1.807, 2.05) is 0 Å². The predicted molar refractivity (Wildman–Crippen MR) is 126 cm³/mol. The minimum absolute atomic E-state index is 0.00509.